The third-order valence-electron chi connectivity index (χ3n) is 7.28. The molecule has 0 spiro atoms. The van der Waals surface area contributed by atoms with Crippen molar-refractivity contribution >= 4 is 28.8 Å². The molecule has 1 fully saturated rings. The Labute approximate surface area is 223 Å². The lowest BCUT2D eigenvalue weighted by Gasteiger charge is -2.14. The number of aliphatic carboxylic acids is 1. The predicted octanol–water partition coefficient (Wildman–Crippen LogP) is 6.88. The molecule has 1 aliphatic rings. The molecule has 0 bridgehead atoms. The van der Waals surface area contributed by atoms with Gasteiger partial charge in [-0.15, -0.1) is 0 Å². The van der Waals surface area contributed by atoms with Gasteiger partial charge in [0.15, 0.2) is 17.7 Å². The van der Waals surface area contributed by atoms with Gasteiger partial charge in [-0.1, -0.05) is 65.8 Å². The summed E-state index contributed by atoms with van der Waals surface area (Å²) in [5, 5.41) is 16.3. The number of carbonyl (C=O) groups excluding carboxylic acids is 1. The van der Waals surface area contributed by atoms with E-state index in [1.807, 2.05) is 60.7 Å². The average molecular weight is 524 g/mol. The van der Waals surface area contributed by atoms with E-state index >= 15 is 0 Å². The first-order chi connectivity index (χ1) is 18.9. The van der Waals surface area contributed by atoms with Crippen molar-refractivity contribution in [2.45, 2.75) is 38.2 Å². The smallest absolute Gasteiger partial charge is 0.412 e. The highest BCUT2D eigenvalue weighted by Gasteiger charge is 2.51. The number of hydrogen-bond donors (Lipinski definition) is 2. The summed E-state index contributed by atoms with van der Waals surface area (Å²) in [6.07, 6.45) is 1.48. The van der Waals surface area contributed by atoms with Crippen LogP contribution in [-0.2, 0) is 14.9 Å². The summed E-state index contributed by atoms with van der Waals surface area (Å²) in [6.45, 7) is 3.50. The van der Waals surface area contributed by atoms with Gasteiger partial charge in [-0.3, -0.25) is 10.1 Å². The highest BCUT2D eigenvalue weighted by Crippen LogP contribution is 2.48. The first-order valence-corrected chi connectivity index (χ1v) is 12.6. The zero-order valence-electron chi connectivity index (χ0n) is 21.3. The maximum absolute atomic E-state index is 12.8. The number of benzene rings is 3. The van der Waals surface area contributed by atoms with Crippen LogP contribution < -0.4 is 5.32 Å². The van der Waals surface area contributed by atoms with E-state index < -0.39 is 23.6 Å². The van der Waals surface area contributed by atoms with Gasteiger partial charge < -0.3 is 18.8 Å². The first-order valence-electron chi connectivity index (χ1n) is 12.6. The lowest BCUT2D eigenvalue weighted by atomic mass is 9.93. The Morgan fingerprint density at radius 1 is 1.00 bits per heavy atom. The summed E-state index contributed by atoms with van der Waals surface area (Å²) >= 11 is 0. The van der Waals surface area contributed by atoms with Gasteiger partial charge in [0, 0.05) is 11.1 Å². The molecule has 2 heterocycles. The molecule has 39 heavy (non-hydrogen) atoms. The number of aryl methyl sites for hydroxylation is 1. The Bertz CT molecular complexity index is 1680. The number of fused-ring (bicyclic) bond motifs is 1. The zero-order chi connectivity index (χ0) is 27.1. The highest BCUT2D eigenvalue weighted by atomic mass is 16.6. The van der Waals surface area contributed by atoms with E-state index in [0.717, 1.165) is 27.8 Å². The van der Waals surface area contributed by atoms with Gasteiger partial charge in [-0.2, -0.15) is 0 Å². The zero-order valence-corrected chi connectivity index (χ0v) is 21.3. The SMILES string of the molecule is Cc1noc(-c2ccc(-c3ccc(C4(C(=O)O)CC4)cc3)cc2)c1NC(=O)OC(C)c1cccc2ocnc12. The number of aromatic nitrogens is 2. The van der Waals surface area contributed by atoms with E-state index in [0.29, 0.717) is 41.1 Å². The van der Waals surface area contributed by atoms with E-state index in [4.69, 9.17) is 13.7 Å². The van der Waals surface area contributed by atoms with Crippen LogP contribution in [0.5, 0.6) is 0 Å². The van der Waals surface area contributed by atoms with E-state index in [1.54, 1.807) is 19.9 Å². The second kappa shape index (κ2) is 9.43. The number of carbonyl (C=O) groups is 2. The quantitative estimate of drug-likeness (QED) is 0.236. The summed E-state index contributed by atoms with van der Waals surface area (Å²) in [6, 6.07) is 20.8. The minimum absolute atomic E-state index is 0.412. The van der Waals surface area contributed by atoms with Crippen molar-refractivity contribution in [2.24, 2.45) is 0 Å². The molecular weight excluding hydrogens is 498 g/mol. The Hall–Kier alpha value is -4.92. The molecule has 0 aliphatic heterocycles. The molecule has 0 radical (unpaired) electrons. The van der Waals surface area contributed by atoms with Crippen LogP contribution in [0.2, 0.25) is 0 Å². The summed E-state index contributed by atoms with van der Waals surface area (Å²) in [5.41, 5.74) is 5.71. The number of anilines is 1. The molecule has 1 saturated carbocycles. The van der Waals surface area contributed by atoms with Crippen LogP contribution >= 0.6 is 0 Å². The number of nitrogens with one attached hydrogen (secondary N) is 1. The fourth-order valence-electron chi connectivity index (χ4n) is 4.85. The van der Waals surface area contributed by atoms with E-state index in [1.165, 1.54) is 6.39 Å². The summed E-state index contributed by atoms with van der Waals surface area (Å²) in [7, 11) is 0. The van der Waals surface area contributed by atoms with E-state index in [2.05, 4.69) is 15.5 Å². The fourth-order valence-corrected chi connectivity index (χ4v) is 4.85. The Balaban J connectivity index is 1.17. The van der Waals surface area contributed by atoms with Gasteiger partial charge in [0.1, 0.15) is 23.0 Å². The van der Waals surface area contributed by atoms with Gasteiger partial charge in [0.05, 0.1) is 5.41 Å². The second-order valence-electron chi connectivity index (χ2n) is 9.73. The monoisotopic (exact) mass is 523 g/mol. The lowest BCUT2D eigenvalue weighted by Crippen LogP contribution is -2.19. The molecule has 9 nitrogen and oxygen atoms in total. The fraction of sp³-hybridized carbons (Fsp3) is 0.200. The maximum Gasteiger partial charge on any atom is 0.412 e. The van der Waals surface area contributed by atoms with Crippen molar-refractivity contribution in [3.63, 3.8) is 0 Å². The molecule has 2 aromatic heterocycles. The number of amides is 1. The van der Waals surface area contributed by atoms with Crippen molar-refractivity contribution < 1.29 is 28.4 Å². The van der Waals surface area contributed by atoms with Crippen LogP contribution in [-0.4, -0.2) is 27.3 Å². The van der Waals surface area contributed by atoms with Crippen LogP contribution in [0.25, 0.3) is 33.6 Å². The van der Waals surface area contributed by atoms with E-state index in [9.17, 15) is 14.7 Å². The number of oxazole rings is 1. The van der Waals surface area contributed by atoms with Gasteiger partial charge in [-0.05, 0) is 49.4 Å². The van der Waals surface area contributed by atoms with E-state index in [-0.39, 0.29) is 0 Å². The third kappa shape index (κ3) is 4.41. The molecule has 9 heteroatoms. The number of ether oxygens (including phenoxy) is 1. The molecule has 6 rings (SSSR count). The molecule has 2 N–H and O–H groups in total. The molecule has 1 amide bonds. The van der Waals surface area contributed by atoms with Crippen LogP contribution in [0.4, 0.5) is 10.5 Å². The minimum Gasteiger partial charge on any atom is -0.481 e. The summed E-state index contributed by atoms with van der Waals surface area (Å²) in [4.78, 5) is 28.6. The van der Waals surface area contributed by atoms with Crippen molar-refractivity contribution in [1.82, 2.24) is 10.1 Å². The van der Waals surface area contributed by atoms with Crippen LogP contribution in [0, 0.1) is 6.92 Å². The van der Waals surface area contributed by atoms with Crippen LogP contribution in [0.3, 0.4) is 0 Å². The minimum atomic E-state index is -0.767. The molecule has 3 aromatic carbocycles. The topological polar surface area (TPSA) is 128 Å². The highest BCUT2D eigenvalue weighted by molar-refractivity contribution is 5.91. The number of carboxylic acids is 1. The molecule has 1 aliphatic carbocycles. The molecule has 5 aromatic rings. The molecule has 1 unspecified atom stereocenters. The van der Waals surface area contributed by atoms with Crippen molar-refractivity contribution in [2.75, 3.05) is 5.32 Å². The molecule has 0 saturated heterocycles. The number of nitrogens with zero attached hydrogens (tertiary/aromatic N) is 2. The van der Waals surface area contributed by atoms with Crippen LogP contribution in [0.15, 0.2) is 82.1 Å². The van der Waals surface area contributed by atoms with Gasteiger partial charge in [0.2, 0.25) is 0 Å². The number of carboxylic acid groups (broad SMARTS) is 1. The van der Waals surface area contributed by atoms with Crippen molar-refractivity contribution in [3.8, 4) is 22.5 Å². The van der Waals surface area contributed by atoms with Gasteiger partial charge >= 0.3 is 12.1 Å². The number of rotatable bonds is 7. The summed E-state index contributed by atoms with van der Waals surface area (Å²) in [5.74, 6) is -0.355. The third-order valence-corrected chi connectivity index (χ3v) is 7.28. The molecular formula is C30H25N3O6. The van der Waals surface area contributed by atoms with Gasteiger partial charge in [-0.25, -0.2) is 9.78 Å². The van der Waals surface area contributed by atoms with Crippen molar-refractivity contribution in [1.29, 1.82) is 0 Å². The largest absolute Gasteiger partial charge is 0.481 e. The van der Waals surface area contributed by atoms with Crippen molar-refractivity contribution in [3.05, 3.63) is 89.9 Å². The Morgan fingerprint density at radius 2 is 1.67 bits per heavy atom. The number of hydrogen-bond acceptors (Lipinski definition) is 7. The molecule has 196 valence electrons. The average Bonchev–Trinajstić information content (AvgIpc) is 3.49. The Kier molecular flexibility index (Phi) is 5.91. The lowest BCUT2D eigenvalue weighted by molar-refractivity contribution is -0.140. The molecule has 1 atom stereocenters. The Morgan fingerprint density at radius 3 is 2.33 bits per heavy atom. The second-order valence-corrected chi connectivity index (χ2v) is 9.73. The normalized spacial score (nSPS) is 14.6. The standard InChI is InChI=1S/C30H25N3O6/c1-17-25(32-29(36)38-18(2)23-4-3-5-24-26(23)31-16-37-24)27(39-33-17)21-8-6-19(7-9-21)20-10-12-22(13-11-20)30(14-15-30)28(34)35/h3-13,16,18H,14-15H2,1-2H3,(H,32,36)(H,34,35). The number of para-hydroxylation sites is 1. The summed E-state index contributed by atoms with van der Waals surface area (Å²) < 4.78 is 16.5. The van der Waals surface area contributed by atoms with Gasteiger partial charge in [0.25, 0.3) is 0 Å². The maximum atomic E-state index is 12.8. The van der Waals surface area contributed by atoms with Crippen LogP contribution in [0.1, 0.15) is 42.7 Å². The predicted molar refractivity (Wildman–Crippen MR) is 143 cm³/mol. The first kappa shape index (κ1) is 24.4.